The first-order chi connectivity index (χ1) is 13.0. The molecule has 0 aliphatic rings. The molecule has 1 aromatic rings. The van der Waals surface area contributed by atoms with E-state index in [0.29, 0.717) is 0 Å². The average molecular weight is 483 g/mol. The molecule has 1 N–H and O–H groups in total. The SMILES string of the molecule is CCC[CH2][Sn]([CH2]CCC)([CH2]CCC)[CH2]C(C(=O)OC)[C@H](O)c1ccccc1. The van der Waals surface area contributed by atoms with E-state index in [0.717, 1.165) is 10.0 Å². The molecule has 0 aromatic heterocycles. The van der Waals surface area contributed by atoms with Crippen molar-refractivity contribution in [1.29, 1.82) is 0 Å². The van der Waals surface area contributed by atoms with Gasteiger partial charge in [-0.2, -0.15) is 0 Å². The van der Waals surface area contributed by atoms with E-state index in [1.165, 1.54) is 58.9 Å². The van der Waals surface area contributed by atoms with Gasteiger partial charge in [0.05, 0.1) is 0 Å². The summed E-state index contributed by atoms with van der Waals surface area (Å²) < 4.78 is 10.1. The van der Waals surface area contributed by atoms with Crippen molar-refractivity contribution in [2.45, 2.75) is 83.1 Å². The number of aliphatic hydroxyl groups is 1. The molecular formula is C23H40O3Sn. The van der Waals surface area contributed by atoms with Crippen LogP contribution in [-0.2, 0) is 9.53 Å². The van der Waals surface area contributed by atoms with Crippen LogP contribution < -0.4 is 0 Å². The van der Waals surface area contributed by atoms with Crippen LogP contribution in [0.5, 0.6) is 0 Å². The van der Waals surface area contributed by atoms with Crippen molar-refractivity contribution in [1.82, 2.24) is 0 Å². The number of benzene rings is 1. The fraction of sp³-hybridized carbons (Fsp3) is 0.696. The van der Waals surface area contributed by atoms with Crippen molar-refractivity contribution in [2.75, 3.05) is 7.11 Å². The minimum absolute atomic E-state index is 0.239. The molecule has 27 heavy (non-hydrogen) atoms. The van der Waals surface area contributed by atoms with E-state index in [1.54, 1.807) is 0 Å². The maximum absolute atomic E-state index is 12.7. The van der Waals surface area contributed by atoms with Gasteiger partial charge < -0.3 is 0 Å². The van der Waals surface area contributed by atoms with Crippen LogP contribution in [0.25, 0.3) is 0 Å². The summed E-state index contributed by atoms with van der Waals surface area (Å²) in [5, 5.41) is 11.1. The molecule has 4 heteroatoms. The number of carbonyl (C=O) groups is 1. The van der Waals surface area contributed by atoms with Crippen molar-refractivity contribution >= 4 is 24.3 Å². The fourth-order valence-corrected chi connectivity index (χ4v) is 21.3. The molecule has 0 fully saturated rings. The second-order valence-electron chi connectivity index (χ2n) is 8.00. The Kier molecular flexibility index (Phi) is 12.3. The summed E-state index contributed by atoms with van der Waals surface area (Å²) in [6.07, 6.45) is 6.65. The number of aliphatic hydroxyl groups excluding tert-OH is 1. The average Bonchev–Trinajstić information content (AvgIpc) is 2.72. The normalized spacial score (nSPS) is 14.0. The number of methoxy groups -OCH3 is 1. The zero-order valence-electron chi connectivity index (χ0n) is 17.9. The van der Waals surface area contributed by atoms with Crippen molar-refractivity contribution in [3.63, 3.8) is 0 Å². The number of hydrogen-bond acceptors (Lipinski definition) is 3. The Hall–Kier alpha value is -0.551. The number of rotatable bonds is 14. The van der Waals surface area contributed by atoms with Crippen LogP contribution in [-0.4, -0.2) is 36.6 Å². The third-order valence-electron chi connectivity index (χ3n) is 5.86. The van der Waals surface area contributed by atoms with Gasteiger partial charge in [0, 0.05) is 0 Å². The second-order valence-corrected chi connectivity index (χ2v) is 22.0. The Balaban J connectivity index is 3.15. The number of esters is 1. The molecule has 0 heterocycles. The van der Waals surface area contributed by atoms with Crippen LogP contribution in [0.1, 0.15) is 71.0 Å². The molecule has 0 spiro atoms. The van der Waals surface area contributed by atoms with Crippen molar-refractivity contribution < 1.29 is 14.6 Å². The summed E-state index contributed by atoms with van der Waals surface area (Å²) in [4.78, 5) is 12.7. The molecule has 0 bridgehead atoms. The number of hydrogen-bond donors (Lipinski definition) is 1. The zero-order chi connectivity index (χ0) is 20.1. The predicted octanol–water partition coefficient (Wildman–Crippen LogP) is 6.36. The van der Waals surface area contributed by atoms with E-state index in [1.807, 2.05) is 30.3 Å². The Morgan fingerprint density at radius 1 is 0.963 bits per heavy atom. The van der Waals surface area contributed by atoms with Gasteiger partial charge in [-0.25, -0.2) is 0 Å². The van der Waals surface area contributed by atoms with Crippen molar-refractivity contribution in [2.24, 2.45) is 5.92 Å². The topological polar surface area (TPSA) is 46.5 Å². The molecule has 0 aliphatic carbocycles. The molecule has 1 unspecified atom stereocenters. The Morgan fingerprint density at radius 3 is 1.85 bits per heavy atom. The Morgan fingerprint density at radius 2 is 1.44 bits per heavy atom. The van der Waals surface area contributed by atoms with E-state index in [4.69, 9.17) is 4.74 Å². The summed E-state index contributed by atoms with van der Waals surface area (Å²) in [6, 6.07) is 9.63. The molecule has 0 saturated carbocycles. The Bertz CT molecular complexity index is 496. The number of unbranched alkanes of at least 4 members (excludes halogenated alkanes) is 3. The standard InChI is InChI=1S/C11H13O3.3C4H9.Sn/c1-8(11(13)14-2)10(12)9-6-4-3-5-7-9;3*1-3-4-2;/h3-8,10,12H,1H2,2H3;3*1,3-4H2,2H3;/t8?,10-;;;;/m0..../s1. The van der Waals surface area contributed by atoms with Crippen LogP contribution in [0, 0.1) is 5.92 Å². The van der Waals surface area contributed by atoms with Gasteiger partial charge in [-0.15, -0.1) is 0 Å². The van der Waals surface area contributed by atoms with Crippen molar-refractivity contribution in [3.05, 3.63) is 35.9 Å². The van der Waals surface area contributed by atoms with Crippen LogP contribution in [0.4, 0.5) is 0 Å². The third kappa shape index (κ3) is 8.14. The van der Waals surface area contributed by atoms with Gasteiger partial charge in [0.25, 0.3) is 0 Å². The van der Waals surface area contributed by atoms with Gasteiger partial charge in [0.2, 0.25) is 0 Å². The number of carbonyl (C=O) groups excluding carboxylic acids is 1. The second kappa shape index (κ2) is 13.6. The van der Waals surface area contributed by atoms with Gasteiger partial charge in [0.1, 0.15) is 0 Å². The predicted molar refractivity (Wildman–Crippen MR) is 117 cm³/mol. The molecule has 3 nitrogen and oxygen atoms in total. The van der Waals surface area contributed by atoms with Gasteiger partial charge in [0.15, 0.2) is 0 Å². The fourth-order valence-electron chi connectivity index (χ4n) is 4.16. The van der Waals surface area contributed by atoms with Crippen LogP contribution >= 0.6 is 0 Å². The first kappa shape index (κ1) is 24.5. The number of ether oxygens (including phenoxy) is 1. The first-order valence-electron chi connectivity index (χ1n) is 10.8. The molecule has 1 rings (SSSR count). The zero-order valence-corrected chi connectivity index (χ0v) is 20.7. The summed E-state index contributed by atoms with van der Waals surface area (Å²) in [7, 11) is 1.45. The van der Waals surface area contributed by atoms with Crippen LogP contribution in [0.3, 0.4) is 0 Å². The summed E-state index contributed by atoms with van der Waals surface area (Å²) in [5.74, 6) is -0.657. The van der Waals surface area contributed by atoms with Crippen LogP contribution in [0.15, 0.2) is 30.3 Å². The maximum atomic E-state index is 12.7. The van der Waals surface area contributed by atoms with Gasteiger partial charge in [-0.05, 0) is 0 Å². The molecule has 154 valence electrons. The molecular weight excluding hydrogens is 443 g/mol. The molecule has 2 atom stereocenters. The molecule has 0 saturated heterocycles. The van der Waals surface area contributed by atoms with E-state index in [9.17, 15) is 9.90 Å². The van der Waals surface area contributed by atoms with E-state index in [2.05, 4.69) is 20.8 Å². The molecule has 1 aromatic carbocycles. The first-order valence-corrected chi connectivity index (χ1v) is 18.9. The Labute approximate surface area is 170 Å². The van der Waals surface area contributed by atoms with Crippen molar-refractivity contribution in [3.8, 4) is 0 Å². The summed E-state index contributed by atoms with van der Waals surface area (Å²) in [6.45, 7) is 6.77. The molecule has 0 aliphatic heterocycles. The third-order valence-corrected chi connectivity index (χ3v) is 21.7. The molecule has 0 amide bonds. The van der Waals surface area contributed by atoms with E-state index >= 15 is 0 Å². The minimum atomic E-state index is -2.56. The van der Waals surface area contributed by atoms with Gasteiger partial charge in [-0.1, -0.05) is 0 Å². The van der Waals surface area contributed by atoms with Gasteiger partial charge in [-0.3, -0.25) is 0 Å². The monoisotopic (exact) mass is 484 g/mol. The van der Waals surface area contributed by atoms with E-state index in [-0.39, 0.29) is 5.97 Å². The van der Waals surface area contributed by atoms with E-state index < -0.39 is 30.4 Å². The quantitative estimate of drug-likeness (QED) is 0.248. The van der Waals surface area contributed by atoms with Crippen LogP contribution in [0.2, 0.25) is 17.7 Å². The van der Waals surface area contributed by atoms with Gasteiger partial charge >= 0.3 is 171 Å². The molecule has 0 radical (unpaired) electrons. The summed E-state index contributed by atoms with van der Waals surface area (Å²) >= 11 is -2.56. The summed E-state index contributed by atoms with van der Waals surface area (Å²) in [5.41, 5.74) is 0.828.